The zero-order valence-corrected chi connectivity index (χ0v) is 12.1. The van der Waals surface area contributed by atoms with Gasteiger partial charge in [0.15, 0.2) is 0 Å². The second-order valence-corrected chi connectivity index (χ2v) is 5.90. The van der Waals surface area contributed by atoms with Gasteiger partial charge in [-0.15, -0.1) is 0 Å². The van der Waals surface area contributed by atoms with Gasteiger partial charge in [0.2, 0.25) is 11.9 Å². The molecule has 2 N–H and O–H groups in total. The van der Waals surface area contributed by atoms with Crippen LogP contribution in [-0.2, 0) is 11.2 Å². The number of carbonyl (C=O) groups excluding carboxylic acids is 1. The van der Waals surface area contributed by atoms with Crippen LogP contribution in [0.3, 0.4) is 0 Å². The van der Waals surface area contributed by atoms with E-state index in [1.165, 1.54) is 12.8 Å². The maximum absolute atomic E-state index is 11.6. The minimum Gasteiger partial charge on any atom is -0.351 e. The number of aryl methyl sites for hydroxylation is 2. The monoisotopic (exact) mass is 274 g/mol. The Labute approximate surface area is 119 Å². The molecule has 0 radical (unpaired) electrons. The van der Waals surface area contributed by atoms with Crippen molar-refractivity contribution in [3.63, 3.8) is 0 Å². The molecule has 108 valence electrons. The zero-order valence-electron chi connectivity index (χ0n) is 12.1. The SMILES string of the molecule is CCc1cc(C)nc(N[C@@H]2CCC(=O)N[C@H]2C2CC2)n1. The van der Waals surface area contributed by atoms with E-state index in [0.717, 1.165) is 24.2 Å². The molecule has 1 aliphatic carbocycles. The summed E-state index contributed by atoms with van der Waals surface area (Å²) in [6, 6.07) is 2.52. The first kappa shape index (κ1) is 13.3. The normalized spacial score (nSPS) is 26.2. The van der Waals surface area contributed by atoms with E-state index in [0.29, 0.717) is 18.3 Å². The topological polar surface area (TPSA) is 66.9 Å². The highest BCUT2D eigenvalue weighted by Gasteiger charge is 2.40. The van der Waals surface area contributed by atoms with Crippen LogP contribution in [0.1, 0.15) is 44.0 Å². The van der Waals surface area contributed by atoms with Gasteiger partial charge in [-0.25, -0.2) is 9.97 Å². The average molecular weight is 274 g/mol. The quantitative estimate of drug-likeness (QED) is 0.879. The molecular weight excluding hydrogens is 252 g/mol. The number of anilines is 1. The number of amides is 1. The van der Waals surface area contributed by atoms with Crippen molar-refractivity contribution in [3.05, 3.63) is 17.5 Å². The summed E-state index contributed by atoms with van der Waals surface area (Å²) in [6.07, 6.45) is 4.81. The van der Waals surface area contributed by atoms with E-state index in [4.69, 9.17) is 0 Å². The lowest BCUT2D eigenvalue weighted by atomic mass is 9.94. The highest BCUT2D eigenvalue weighted by Crippen LogP contribution is 2.36. The van der Waals surface area contributed by atoms with Crippen molar-refractivity contribution >= 4 is 11.9 Å². The van der Waals surface area contributed by atoms with E-state index in [-0.39, 0.29) is 18.0 Å². The first-order valence-corrected chi connectivity index (χ1v) is 7.56. The van der Waals surface area contributed by atoms with Crippen LogP contribution in [-0.4, -0.2) is 28.0 Å². The Bertz CT molecular complexity index is 513. The molecule has 1 aromatic heterocycles. The Morgan fingerprint density at radius 2 is 2.15 bits per heavy atom. The number of carbonyl (C=O) groups is 1. The van der Waals surface area contributed by atoms with E-state index in [2.05, 4.69) is 27.5 Å². The lowest BCUT2D eigenvalue weighted by Gasteiger charge is -2.33. The summed E-state index contributed by atoms with van der Waals surface area (Å²) in [4.78, 5) is 20.6. The van der Waals surface area contributed by atoms with Gasteiger partial charge >= 0.3 is 0 Å². The van der Waals surface area contributed by atoms with Crippen LogP contribution >= 0.6 is 0 Å². The highest BCUT2D eigenvalue weighted by atomic mass is 16.1. The van der Waals surface area contributed by atoms with Crippen LogP contribution < -0.4 is 10.6 Å². The number of piperidine rings is 1. The Kier molecular flexibility index (Phi) is 3.59. The summed E-state index contributed by atoms with van der Waals surface area (Å²) in [5, 5.41) is 6.59. The van der Waals surface area contributed by atoms with Gasteiger partial charge in [-0.2, -0.15) is 0 Å². The number of hydrogen-bond acceptors (Lipinski definition) is 4. The maximum Gasteiger partial charge on any atom is 0.223 e. The van der Waals surface area contributed by atoms with Gasteiger partial charge in [-0.3, -0.25) is 4.79 Å². The molecule has 5 nitrogen and oxygen atoms in total. The summed E-state index contributed by atoms with van der Waals surface area (Å²) in [5.74, 6) is 1.51. The highest BCUT2D eigenvalue weighted by molar-refractivity contribution is 5.77. The summed E-state index contributed by atoms with van der Waals surface area (Å²) >= 11 is 0. The van der Waals surface area contributed by atoms with Crippen LogP contribution in [0, 0.1) is 12.8 Å². The molecule has 20 heavy (non-hydrogen) atoms. The van der Waals surface area contributed by atoms with Crippen molar-refractivity contribution in [3.8, 4) is 0 Å². The second kappa shape index (κ2) is 5.38. The minimum atomic E-state index is 0.180. The lowest BCUT2D eigenvalue weighted by Crippen LogP contribution is -2.52. The smallest absolute Gasteiger partial charge is 0.223 e. The molecule has 0 aromatic carbocycles. The zero-order chi connectivity index (χ0) is 14.1. The lowest BCUT2D eigenvalue weighted by molar-refractivity contribution is -0.123. The van der Waals surface area contributed by atoms with Crippen molar-refractivity contribution in [2.45, 2.75) is 58.0 Å². The molecule has 2 aliphatic rings. The Morgan fingerprint density at radius 3 is 2.85 bits per heavy atom. The predicted octanol–water partition coefficient (Wildman–Crippen LogP) is 1.82. The molecule has 5 heteroatoms. The van der Waals surface area contributed by atoms with Crippen LogP contribution in [0.15, 0.2) is 6.07 Å². The number of hydrogen-bond donors (Lipinski definition) is 2. The number of nitrogens with zero attached hydrogens (tertiary/aromatic N) is 2. The first-order valence-electron chi connectivity index (χ1n) is 7.56. The van der Waals surface area contributed by atoms with E-state index in [1.807, 2.05) is 13.0 Å². The summed E-state index contributed by atoms with van der Waals surface area (Å²) in [6.45, 7) is 4.09. The summed E-state index contributed by atoms with van der Waals surface area (Å²) in [7, 11) is 0. The molecule has 1 amide bonds. The van der Waals surface area contributed by atoms with Crippen molar-refractivity contribution < 1.29 is 4.79 Å². The molecule has 1 saturated heterocycles. The molecule has 0 spiro atoms. The van der Waals surface area contributed by atoms with Crippen molar-refractivity contribution in [1.29, 1.82) is 0 Å². The molecule has 1 aromatic rings. The van der Waals surface area contributed by atoms with Crippen molar-refractivity contribution in [2.24, 2.45) is 5.92 Å². The molecule has 0 unspecified atom stereocenters. The largest absolute Gasteiger partial charge is 0.351 e. The molecule has 0 bridgehead atoms. The van der Waals surface area contributed by atoms with Gasteiger partial charge in [-0.05, 0) is 44.6 Å². The fraction of sp³-hybridized carbons (Fsp3) is 0.667. The Hall–Kier alpha value is -1.65. The van der Waals surface area contributed by atoms with Crippen LogP contribution in [0.2, 0.25) is 0 Å². The fourth-order valence-corrected chi connectivity index (χ4v) is 2.93. The molecule has 2 fully saturated rings. The van der Waals surface area contributed by atoms with Gasteiger partial charge < -0.3 is 10.6 Å². The van der Waals surface area contributed by atoms with Crippen LogP contribution in [0.4, 0.5) is 5.95 Å². The Balaban J connectivity index is 1.75. The van der Waals surface area contributed by atoms with Gasteiger partial charge in [0.25, 0.3) is 0 Å². The molecule has 1 aliphatic heterocycles. The standard InChI is InChI=1S/C15H22N4O/c1-3-11-8-9(2)16-15(17-11)18-12-6-7-13(20)19-14(12)10-4-5-10/h8,10,12,14H,3-7H2,1-2H3,(H,19,20)(H,16,17,18)/t12-,14+/m1/s1. The van der Waals surface area contributed by atoms with Gasteiger partial charge in [-0.1, -0.05) is 6.92 Å². The summed E-state index contributed by atoms with van der Waals surface area (Å²) < 4.78 is 0. The Morgan fingerprint density at radius 1 is 1.35 bits per heavy atom. The first-order chi connectivity index (χ1) is 9.65. The van der Waals surface area contributed by atoms with Gasteiger partial charge in [0.05, 0.1) is 12.1 Å². The molecule has 2 atom stereocenters. The van der Waals surface area contributed by atoms with Crippen molar-refractivity contribution in [2.75, 3.05) is 5.32 Å². The molecule has 3 rings (SSSR count). The third-order valence-corrected chi connectivity index (χ3v) is 4.16. The van der Waals surface area contributed by atoms with Crippen LogP contribution in [0.25, 0.3) is 0 Å². The summed E-state index contributed by atoms with van der Waals surface area (Å²) in [5.41, 5.74) is 2.05. The van der Waals surface area contributed by atoms with Crippen LogP contribution in [0.5, 0.6) is 0 Å². The van der Waals surface area contributed by atoms with E-state index in [9.17, 15) is 4.79 Å². The third kappa shape index (κ3) is 2.92. The molecular formula is C15H22N4O. The van der Waals surface area contributed by atoms with Gasteiger partial charge in [0, 0.05) is 17.8 Å². The van der Waals surface area contributed by atoms with Crippen molar-refractivity contribution in [1.82, 2.24) is 15.3 Å². The second-order valence-electron chi connectivity index (χ2n) is 5.90. The molecule has 1 saturated carbocycles. The molecule has 2 heterocycles. The number of rotatable bonds is 4. The number of nitrogens with one attached hydrogen (secondary N) is 2. The van der Waals surface area contributed by atoms with E-state index in [1.54, 1.807) is 0 Å². The predicted molar refractivity (Wildman–Crippen MR) is 77.4 cm³/mol. The van der Waals surface area contributed by atoms with Gasteiger partial charge in [0.1, 0.15) is 0 Å². The van der Waals surface area contributed by atoms with E-state index >= 15 is 0 Å². The number of aromatic nitrogens is 2. The maximum atomic E-state index is 11.6. The van der Waals surface area contributed by atoms with E-state index < -0.39 is 0 Å². The minimum absolute atomic E-state index is 0.180. The fourth-order valence-electron chi connectivity index (χ4n) is 2.93. The average Bonchev–Trinajstić information content (AvgIpc) is 3.24. The third-order valence-electron chi connectivity index (χ3n) is 4.16.